The molecular formula is C48H79NO8P+. The number of unbranched alkanes of at least 4 members (excludes halogenated alkanes) is 5. The monoisotopic (exact) mass is 829 g/mol. The van der Waals surface area contributed by atoms with Crippen LogP contribution < -0.4 is 0 Å². The first kappa shape index (κ1) is 54.7. The third kappa shape index (κ3) is 42.3. The molecule has 0 aliphatic heterocycles. The largest absolute Gasteiger partial charge is 0.472 e. The molecule has 0 saturated heterocycles. The van der Waals surface area contributed by atoms with E-state index in [1.54, 1.807) is 0 Å². The third-order valence-corrected chi connectivity index (χ3v) is 9.28. The van der Waals surface area contributed by atoms with E-state index < -0.39 is 32.5 Å². The van der Waals surface area contributed by atoms with E-state index in [1.807, 2.05) is 21.1 Å². The summed E-state index contributed by atoms with van der Waals surface area (Å²) in [6.07, 6.45) is 52.9. The van der Waals surface area contributed by atoms with Gasteiger partial charge in [-0.15, -0.1) is 0 Å². The van der Waals surface area contributed by atoms with E-state index in [4.69, 9.17) is 18.5 Å². The van der Waals surface area contributed by atoms with Gasteiger partial charge in [0.2, 0.25) is 0 Å². The lowest BCUT2D eigenvalue weighted by Crippen LogP contribution is -2.37. The molecule has 10 heteroatoms. The van der Waals surface area contributed by atoms with Gasteiger partial charge in [-0.2, -0.15) is 0 Å². The second-order valence-corrected chi connectivity index (χ2v) is 16.4. The standard InChI is InChI=1S/C48H78NO8P/c1-6-8-10-12-14-16-18-20-22-23-24-25-27-28-30-32-34-36-38-40-47(50)54-44-46(45-56-58(52,53)55-43-42-49(3,4)5)57-48(51)41-39-37-35-33-31-29-26-21-19-17-15-13-11-9-7-2/h8-11,14-17,20-22,24-26,28,30-31,33,46H,6-7,12-13,18-19,23,27,29,32,34-45H2,1-5H3/p+1/b10-8-,11-9-,16-14-,17-15-,22-20-,25-24-,26-21-,30-28-,33-31-/t46-/m1/s1. The Hall–Kier alpha value is -3.33. The molecule has 0 aliphatic rings. The molecule has 0 bridgehead atoms. The van der Waals surface area contributed by atoms with E-state index >= 15 is 0 Å². The SMILES string of the molecule is CC/C=C\C/C=C\C/C=C\C/C=C\C/C=C\CCCCCC(=O)OC[C@H](COP(=O)(O)OCC[N+](C)(C)C)OC(=O)CCCC/C=C\C/C=C\C/C=C\C/C=C\CC. The molecule has 0 aliphatic carbocycles. The Balaban J connectivity index is 4.52. The maximum Gasteiger partial charge on any atom is 0.472 e. The number of hydrogen-bond acceptors (Lipinski definition) is 7. The first-order chi connectivity index (χ1) is 28.0. The zero-order valence-electron chi connectivity index (χ0n) is 36.7. The Bertz CT molecular complexity index is 1350. The Kier molecular flexibility index (Phi) is 36.9. The number of hydrogen-bond donors (Lipinski definition) is 1. The average molecular weight is 829 g/mol. The van der Waals surface area contributed by atoms with E-state index in [9.17, 15) is 19.0 Å². The quantitative estimate of drug-likeness (QED) is 0.0217. The van der Waals surface area contributed by atoms with Crippen molar-refractivity contribution in [3.63, 3.8) is 0 Å². The van der Waals surface area contributed by atoms with Gasteiger partial charge in [-0.1, -0.05) is 130 Å². The van der Waals surface area contributed by atoms with Crippen LogP contribution in [0.2, 0.25) is 0 Å². The molecule has 328 valence electrons. The zero-order chi connectivity index (χ0) is 42.8. The van der Waals surface area contributed by atoms with Crippen molar-refractivity contribution in [2.24, 2.45) is 0 Å². The molecule has 0 aromatic rings. The second kappa shape index (κ2) is 39.1. The average Bonchev–Trinajstić information content (AvgIpc) is 3.17. The van der Waals surface area contributed by atoms with Crippen molar-refractivity contribution >= 4 is 19.8 Å². The topological polar surface area (TPSA) is 108 Å². The Labute approximate surface area is 353 Å². The Morgan fingerprint density at radius 1 is 0.534 bits per heavy atom. The molecule has 0 rings (SSSR count). The molecule has 0 spiro atoms. The molecule has 0 aromatic heterocycles. The van der Waals surface area contributed by atoms with Crippen molar-refractivity contribution in [2.45, 2.75) is 136 Å². The smallest absolute Gasteiger partial charge is 0.462 e. The molecule has 0 fully saturated rings. The molecule has 0 saturated carbocycles. The number of allylic oxidation sites excluding steroid dienone is 18. The molecule has 58 heavy (non-hydrogen) atoms. The van der Waals surface area contributed by atoms with Gasteiger partial charge in [0.15, 0.2) is 6.10 Å². The summed E-state index contributed by atoms with van der Waals surface area (Å²) in [4.78, 5) is 35.3. The van der Waals surface area contributed by atoms with Crippen molar-refractivity contribution in [3.05, 3.63) is 109 Å². The van der Waals surface area contributed by atoms with Crippen LogP contribution in [0, 0.1) is 0 Å². The summed E-state index contributed by atoms with van der Waals surface area (Å²) in [5.74, 6) is -0.899. The van der Waals surface area contributed by atoms with Gasteiger partial charge in [0.1, 0.15) is 19.8 Å². The number of ether oxygens (including phenoxy) is 2. The van der Waals surface area contributed by atoms with Gasteiger partial charge in [0.25, 0.3) is 0 Å². The predicted octanol–water partition coefficient (Wildman–Crippen LogP) is 12.3. The van der Waals surface area contributed by atoms with Crippen LogP contribution in [0.4, 0.5) is 0 Å². The van der Waals surface area contributed by atoms with Gasteiger partial charge >= 0.3 is 19.8 Å². The van der Waals surface area contributed by atoms with Crippen LogP contribution in [0.1, 0.15) is 129 Å². The van der Waals surface area contributed by atoms with Crippen LogP contribution in [0.25, 0.3) is 0 Å². The molecule has 0 heterocycles. The van der Waals surface area contributed by atoms with Crippen molar-refractivity contribution in [2.75, 3.05) is 47.5 Å². The first-order valence-corrected chi connectivity index (χ1v) is 23.1. The molecule has 9 nitrogen and oxygen atoms in total. The second-order valence-electron chi connectivity index (χ2n) is 15.0. The fourth-order valence-electron chi connectivity index (χ4n) is 4.97. The summed E-state index contributed by atoms with van der Waals surface area (Å²) < 4.78 is 34.2. The molecule has 2 atom stereocenters. The highest BCUT2D eigenvalue weighted by atomic mass is 31.2. The van der Waals surface area contributed by atoms with Gasteiger partial charge in [-0.25, -0.2) is 4.57 Å². The summed E-state index contributed by atoms with van der Waals surface area (Å²) in [5.41, 5.74) is 0. The molecule has 0 amide bonds. The number of phosphoric ester groups is 1. The zero-order valence-corrected chi connectivity index (χ0v) is 37.6. The van der Waals surface area contributed by atoms with Gasteiger partial charge in [0, 0.05) is 12.8 Å². The molecular weight excluding hydrogens is 750 g/mol. The van der Waals surface area contributed by atoms with E-state index in [0.717, 1.165) is 89.9 Å². The van der Waals surface area contributed by atoms with Crippen molar-refractivity contribution < 1.29 is 42.1 Å². The van der Waals surface area contributed by atoms with Crippen LogP contribution in [0.15, 0.2) is 109 Å². The fraction of sp³-hybridized carbons (Fsp3) is 0.583. The van der Waals surface area contributed by atoms with Crippen LogP contribution >= 0.6 is 7.82 Å². The number of nitrogens with zero attached hydrogens (tertiary/aromatic N) is 1. The van der Waals surface area contributed by atoms with E-state index in [1.165, 1.54) is 0 Å². The van der Waals surface area contributed by atoms with Gasteiger partial charge in [-0.3, -0.25) is 18.6 Å². The molecule has 0 radical (unpaired) electrons. The fourth-order valence-corrected chi connectivity index (χ4v) is 5.71. The Morgan fingerprint density at radius 2 is 0.931 bits per heavy atom. The lowest BCUT2D eigenvalue weighted by atomic mass is 10.1. The van der Waals surface area contributed by atoms with Crippen molar-refractivity contribution in [1.29, 1.82) is 0 Å². The number of esters is 2. The number of likely N-dealkylation sites (N-methyl/N-ethyl adjacent to an activating group) is 1. The molecule has 1 N–H and O–H groups in total. The van der Waals surface area contributed by atoms with E-state index in [0.29, 0.717) is 23.9 Å². The normalized spacial score (nSPS) is 14.7. The van der Waals surface area contributed by atoms with Crippen molar-refractivity contribution in [1.82, 2.24) is 0 Å². The third-order valence-electron chi connectivity index (χ3n) is 8.30. The molecule has 0 aromatic carbocycles. The Morgan fingerprint density at radius 3 is 1.38 bits per heavy atom. The minimum absolute atomic E-state index is 0.0110. The van der Waals surface area contributed by atoms with Crippen molar-refractivity contribution in [3.8, 4) is 0 Å². The van der Waals surface area contributed by atoms with Crippen LogP contribution in [-0.2, 0) is 32.7 Å². The maximum atomic E-state index is 12.7. The number of carbonyl (C=O) groups is 2. The van der Waals surface area contributed by atoms with E-state index in [2.05, 4.69) is 123 Å². The first-order valence-electron chi connectivity index (χ1n) is 21.6. The van der Waals surface area contributed by atoms with E-state index in [-0.39, 0.29) is 26.1 Å². The summed E-state index contributed by atoms with van der Waals surface area (Å²) in [5, 5.41) is 0. The number of carbonyl (C=O) groups excluding carboxylic acids is 2. The van der Waals surface area contributed by atoms with Gasteiger partial charge < -0.3 is 18.9 Å². The summed E-state index contributed by atoms with van der Waals surface area (Å²) >= 11 is 0. The van der Waals surface area contributed by atoms with Crippen LogP contribution in [-0.4, -0.2) is 74.9 Å². The van der Waals surface area contributed by atoms with Gasteiger partial charge in [-0.05, 0) is 96.3 Å². The maximum absolute atomic E-state index is 12.7. The lowest BCUT2D eigenvalue weighted by molar-refractivity contribution is -0.870. The summed E-state index contributed by atoms with van der Waals surface area (Å²) in [7, 11) is 1.41. The molecule has 1 unspecified atom stereocenters. The van der Waals surface area contributed by atoms with Gasteiger partial charge in [0.05, 0.1) is 27.7 Å². The highest BCUT2D eigenvalue weighted by Crippen LogP contribution is 2.43. The number of phosphoric acid groups is 1. The van der Waals surface area contributed by atoms with Crippen LogP contribution in [0.5, 0.6) is 0 Å². The highest BCUT2D eigenvalue weighted by Gasteiger charge is 2.27. The number of quaternary nitrogens is 1. The highest BCUT2D eigenvalue weighted by molar-refractivity contribution is 7.47. The lowest BCUT2D eigenvalue weighted by Gasteiger charge is -2.24. The summed E-state index contributed by atoms with van der Waals surface area (Å²) in [6.45, 7) is 4.07. The minimum Gasteiger partial charge on any atom is -0.462 e. The summed E-state index contributed by atoms with van der Waals surface area (Å²) in [6, 6.07) is 0. The number of rotatable bonds is 37. The van der Waals surface area contributed by atoms with Crippen LogP contribution in [0.3, 0.4) is 0 Å². The predicted molar refractivity (Wildman–Crippen MR) is 242 cm³/mol. The minimum atomic E-state index is -4.40.